The second-order valence-corrected chi connectivity index (χ2v) is 5.44. The van der Waals surface area contributed by atoms with Crippen LogP contribution in [0, 0.1) is 6.92 Å². The minimum atomic E-state index is 0.703. The van der Waals surface area contributed by atoms with E-state index in [1.165, 1.54) is 5.56 Å². The molecule has 1 heterocycles. The molecule has 114 valence electrons. The van der Waals surface area contributed by atoms with Crippen molar-refractivity contribution in [2.75, 3.05) is 32.6 Å². The van der Waals surface area contributed by atoms with Gasteiger partial charge < -0.3 is 15.0 Å². The highest BCUT2D eigenvalue weighted by Gasteiger charge is 2.02. The summed E-state index contributed by atoms with van der Waals surface area (Å²) in [5.74, 6) is 0.903. The monoisotopic (exact) mass is 288 g/mol. The Bertz CT molecular complexity index is 560. The van der Waals surface area contributed by atoms with Crippen LogP contribution in [-0.4, -0.2) is 41.9 Å². The molecule has 0 saturated heterocycles. The van der Waals surface area contributed by atoms with Crippen molar-refractivity contribution in [3.05, 3.63) is 41.7 Å². The number of aryl methyl sites for hydroxylation is 2. The summed E-state index contributed by atoms with van der Waals surface area (Å²) in [7, 11) is 6.02. The van der Waals surface area contributed by atoms with Gasteiger partial charge >= 0.3 is 0 Å². The minimum Gasteiger partial charge on any atom is -0.492 e. The zero-order chi connectivity index (χ0) is 15.2. The Morgan fingerprint density at radius 3 is 2.52 bits per heavy atom. The topological polar surface area (TPSA) is 42.3 Å². The maximum absolute atomic E-state index is 5.67. The van der Waals surface area contributed by atoms with Gasteiger partial charge in [-0.1, -0.05) is 0 Å². The molecule has 2 aromatic rings. The van der Waals surface area contributed by atoms with Gasteiger partial charge in [-0.2, -0.15) is 5.10 Å². The Morgan fingerprint density at radius 1 is 1.24 bits per heavy atom. The number of nitrogens with one attached hydrogen (secondary N) is 1. The second kappa shape index (κ2) is 7.13. The SMILES string of the molecule is Cc1nn(C)cc1CNc1ccc(OCCN(C)C)cc1. The first-order valence-electron chi connectivity index (χ1n) is 7.15. The molecule has 0 aliphatic carbocycles. The van der Waals surface area contributed by atoms with Gasteiger partial charge in [0.15, 0.2) is 0 Å². The third kappa shape index (κ3) is 4.79. The van der Waals surface area contributed by atoms with Gasteiger partial charge in [-0.15, -0.1) is 0 Å². The molecule has 2 rings (SSSR count). The lowest BCUT2D eigenvalue weighted by atomic mass is 10.2. The van der Waals surface area contributed by atoms with E-state index in [2.05, 4.69) is 15.3 Å². The molecule has 21 heavy (non-hydrogen) atoms. The van der Waals surface area contributed by atoms with Crippen LogP contribution in [0.3, 0.4) is 0 Å². The fourth-order valence-electron chi connectivity index (χ4n) is 2.03. The molecule has 0 spiro atoms. The largest absolute Gasteiger partial charge is 0.492 e. The van der Waals surface area contributed by atoms with Crippen molar-refractivity contribution in [2.45, 2.75) is 13.5 Å². The summed E-state index contributed by atoms with van der Waals surface area (Å²) in [5.41, 5.74) is 3.36. The van der Waals surface area contributed by atoms with Crippen LogP contribution >= 0.6 is 0 Å². The standard InChI is InChI=1S/C16H24N4O/c1-13-14(12-20(4)18-13)11-17-15-5-7-16(8-6-15)21-10-9-19(2)3/h5-8,12,17H,9-11H2,1-4H3. The quantitative estimate of drug-likeness (QED) is 0.849. The van der Waals surface area contributed by atoms with Crippen LogP contribution in [0.15, 0.2) is 30.5 Å². The van der Waals surface area contributed by atoms with Gasteiger partial charge in [0.25, 0.3) is 0 Å². The molecule has 0 bridgehead atoms. The van der Waals surface area contributed by atoms with Crippen molar-refractivity contribution in [3.8, 4) is 5.75 Å². The van der Waals surface area contributed by atoms with Crippen LogP contribution in [0.5, 0.6) is 5.75 Å². The predicted molar refractivity (Wildman–Crippen MR) is 85.8 cm³/mol. The smallest absolute Gasteiger partial charge is 0.119 e. The van der Waals surface area contributed by atoms with Crippen molar-refractivity contribution in [1.82, 2.24) is 14.7 Å². The van der Waals surface area contributed by atoms with Crippen molar-refractivity contribution in [2.24, 2.45) is 7.05 Å². The molecule has 0 unspecified atom stereocenters. The van der Waals surface area contributed by atoms with E-state index >= 15 is 0 Å². The van der Waals surface area contributed by atoms with E-state index < -0.39 is 0 Å². The van der Waals surface area contributed by atoms with Gasteiger partial charge in [0.1, 0.15) is 12.4 Å². The summed E-state index contributed by atoms with van der Waals surface area (Å²) in [6.45, 7) is 4.42. The van der Waals surface area contributed by atoms with Gasteiger partial charge in [-0.25, -0.2) is 0 Å². The fraction of sp³-hybridized carbons (Fsp3) is 0.438. The molecule has 0 aliphatic heterocycles. The van der Waals surface area contributed by atoms with Crippen molar-refractivity contribution < 1.29 is 4.74 Å². The summed E-state index contributed by atoms with van der Waals surface area (Å²) in [4.78, 5) is 2.10. The number of benzene rings is 1. The normalized spacial score (nSPS) is 10.9. The second-order valence-electron chi connectivity index (χ2n) is 5.44. The number of aromatic nitrogens is 2. The van der Waals surface area contributed by atoms with Crippen molar-refractivity contribution >= 4 is 5.69 Å². The molecular formula is C16H24N4O. The van der Waals surface area contributed by atoms with Gasteiger partial charge in [0.2, 0.25) is 0 Å². The van der Waals surface area contributed by atoms with Crippen molar-refractivity contribution in [1.29, 1.82) is 0 Å². The molecule has 0 amide bonds. The number of hydrogen-bond donors (Lipinski definition) is 1. The van der Waals surface area contributed by atoms with Crippen LogP contribution in [0.25, 0.3) is 0 Å². The molecule has 0 aliphatic rings. The third-order valence-corrected chi connectivity index (χ3v) is 3.26. The van der Waals surface area contributed by atoms with E-state index in [-0.39, 0.29) is 0 Å². The highest BCUT2D eigenvalue weighted by Crippen LogP contribution is 2.17. The van der Waals surface area contributed by atoms with Crippen LogP contribution in [0.4, 0.5) is 5.69 Å². The lowest BCUT2D eigenvalue weighted by molar-refractivity contribution is 0.261. The molecule has 1 aromatic heterocycles. The van der Waals surface area contributed by atoms with Gasteiger partial charge in [-0.05, 0) is 45.3 Å². The molecule has 5 heteroatoms. The molecule has 0 fully saturated rings. The highest BCUT2D eigenvalue weighted by molar-refractivity contribution is 5.46. The number of likely N-dealkylation sites (N-methyl/N-ethyl adjacent to an activating group) is 1. The Hall–Kier alpha value is -2.01. The zero-order valence-corrected chi connectivity index (χ0v) is 13.3. The molecule has 0 radical (unpaired) electrons. The van der Waals surface area contributed by atoms with Gasteiger partial charge in [0, 0.05) is 37.6 Å². The molecular weight excluding hydrogens is 264 g/mol. The number of hydrogen-bond acceptors (Lipinski definition) is 4. The molecule has 1 aromatic carbocycles. The average Bonchev–Trinajstić information content (AvgIpc) is 2.76. The molecule has 1 N–H and O–H groups in total. The Morgan fingerprint density at radius 2 is 1.95 bits per heavy atom. The summed E-state index contributed by atoms with van der Waals surface area (Å²) in [6, 6.07) is 8.07. The zero-order valence-electron chi connectivity index (χ0n) is 13.3. The van der Waals surface area contributed by atoms with E-state index in [0.29, 0.717) is 6.61 Å². The molecule has 0 atom stereocenters. The summed E-state index contributed by atoms with van der Waals surface area (Å²) in [6.07, 6.45) is 2.04. The van der Waals surface area contributed by atoms with E-state index in [0.717, 1.165) is 30.2 Å². The van der Waals surface area contributed by atoms with E-state index in [9.17, 15) is 0 Å². The lowest BCUT2D eigenvalue weighted by Gasteiger charge is -2.11. The first-order chi connectivity index (χ1) is 10.0. The van der Waals surface area contributed by atoms with Crippen molar-refractivity contribution in [3.63, 3.8) is 0 Å². The number of ether oxygens (including phenoxy) is 1. The predicted octanol–water partition coefficient (Wildman–Crippen LogP) is 2.28. The number of rotatable bonds is 7. The average molecular weight is 288 g/mol. The highest BCUT2D eigenvalue weighted by atomic mass is 16.5. The summed E-state index contributed by atoms with van der Waals surface area (Å²) >= 11 is 0. The summed E-state index contributed by atoms with van der Waals surface area (Å²) < 4.78 is 7.52. The van der Waals surface area contributed by atoms with E-state index in [1.54, 1.807) is 0 Å². The molecule has 0 saturated carbocycles. The Labute approximate surface area is 126 Å². The summed E-state index contributed by atoms with van der Waals surface area (Å²) in [5, 5.41) is 7.74. The number of nitrogens with zero attached hydrogens (tertiary/aromatic N) is 3. The third-order valence-electron chi connectivity index (χ3n) is 3.26. The van der Waals surface area contributed by atoms with Crippen LogP contribution in [0.2, 0.25) is 0 Å². The van der Waals surface area contributed by atoms with Gasteiger partial charge in [0.05, 0.1) is 5.69 Å². The maximum atomic E-state index is 5.67. The Kier molecular flexibility index (Phi) is 5.22. The van der Waals surface area contributed by atoms with Crippen LogP contribution in [-0.2, 0) is 13.6 Å². The number of anilines is 1. The molecule has 5 nitrogen and oxygen atoms in total. The van der Waals surface area contributed by atoms with Gasteiger partial charge in [-0.3, -0.25) is 4.68 Å². The minimum absolute atomic E-state index is 0.703. The maximum Gasteiger partial charge on any atom is 0.119 e. The first-order valence-corrected chi connectivity index (χ1v) is 7.15. The fourth-order valence-corrected chi connectivity index (χ4v) is 2.03. The van der Waals surface area contributed by atoms with Crippen LogP contribution < -0.4 is 10.1 Å². The first kappa shape index (κ1) is 15.4. The van der Waals surface area contributed by atoms with E-state index in [1.807, 2.05) is 63.2 Å². The van der Waals surface area contributed by atoms with E-state index in [4.69, 9.17) is 4.74 Å². The van der Waals surface area contributed by atoms with Crippen LogP contribution in [0.1, 0.15) is 11.3 Å². The Balaban J connectivity index is 1.83. The lowest BCUT2D eigenvalue weighted by Crippen LogP contribution is -2.19.